The lowest BCUT2D eigenvalue weighted by Gasteiger charge is -2.10. The van der Waals surface area contributed by atoms with Crippen molar-refractivity contribution in [2.24, 2.45) is 0 Å². The van der Waals surface area contributed by atoms with Crippen molar-refractivity contribution in [2.75, 3.05) is 0 Å². The molecule has 1 aromatic carbocycles. The number of carbonyl (C=O) groups excluding carboxylic acids is 1. The molecule has 6 nitrogen and oxygen atoms in total. The quantitative estimate of drug-likeness (QED) is 0.757. The van der Waals surface area contributed by atoms with Crippen LogP contribution in [0.25, 0.3) is 10.9 Å². The third-order valence-corrected chi connectivity index (χ3v) is 2.71. The molecule has 2 aromatic rings. The van der Waals surface area contributed by atoms with Crippen molar-refractivity contribution < 1.29 is 14.7 Å². The van der Waals surface area contributed by atoms with Crippen LogP contribution >= 0.6 is 0 Å². The summed E-state index contributed by atoms with van der Waals surface area (Å²) in [5, 5.41) is 11.7. The van der Waals surface area contributed by atoms with E-state index in [1.54, 1.807) is 24.3 Å². The van der Waals surface area contributed by atoms with Crippen LogP contribution in [0.5, 0.6) is 0 Å². The van der Waals surface area contributed by atoms with E-state index in [2.05, 4.69) is 10.3 Å². The average molecular weight is 260 g/mol. The number of carboxylic acids is 1. The molecule has 0 aliphatic carbocycles. The molecular formula is C13H12N2O4. The number of hydrogen-bond acceptors (Lipinski definition) is 3. The van der Waals surface area contributed by atoms with Gasteiger partial charge in [0, 0.05) is 17.0 Å². The topological polar surface area (TPSA) is 99.3 Å². The first-order valence-corrected chi connectivity index (χ1v) is 5.65. The molecular weight excluding hydrogens is 248 g/mol. The molecule has 1 aromatic heterocycles. The first kappa shape index (κ1) is 12.8. The highest BCUT2D eigenvalue weighted by Crippen LogP contribution is 2.14. The van der Waals surface area contributed by atoms with Crippen LogP contribution in [0.3, 0.4) is 0 Å². The first-order valence-electron chi connectivity index (χ1n) is 5.65. The highest BCUT2D eigenvalue weighted by molar-refractivity contribution is 6.06. The van der Waals surface area contributed by atoms with Crippen LogP contribution in [0.1, 0.15) is 17.3 Å². The first-order chi connectivity index (χ1) is 8.99. The molecule has 0 saturated carbocycles. The van der Waals surface area contributed by atoms with Crippen molar-refractivity contribution in [3.63, 3.8) is 0 Å². The summed E-state index contributed by atoms with van der Waals surface area (Å²) < 4.78 is 0. The zero-order chi connectivity index (χ0) is 14.0. The Labute approximate surface area is 108 Å². The van der Waals surface area contributed by atoms with Gasteiger partial charge in [-0.2, -0.15) is 0 Å². The minimum atomic E-state index is -1.14. The normalized spacial score (nSPS) is 12.1. The number of H-pyrrole nitrogens is 1. The van der Waals surface area contributed by atoms with Gasteiger partial charge in [-0.3, -0.25) is 14.4 Å². The van der Waals surface area contributed by atoms with Gasteiger partial charge in [0.05, 0.1) is 5.56 Å². The maximum absolute atomic E-state index is 12.0. The fourth-order valence-electron chi connectivity index (χ4n) is 1.73. The Hall–Kier alpha value is -2.63. The largest absolute Gasteiger partial charge is 0.480 e. The molecule has 0 aliphatic rings. The summed E-state index contributed by atoms with van der Waals surface area (Å²) in [6.07, 6.45) is 0. The third-order valence-electron chi connectivity index (χ3n) is 2.71. The third kappa shape index (κ3) is 2.62. The number of aromatic nitrogens is 1. The van der Waals surface area contributed by atoms with Gasteiger partial charge in [-0.05, 0) is 13.0 Å². The predicted octanol–water partition coefficient (Wildman–Crippen LogP) is 0.731. The number of carboxylic acid groups (broad SMARTS) is 1. The summed E-state index contributed by atoms with van der Waals surface area (Å²) in [6, 6.07) is 6.97. The van der Waals surface area contributed by atoms with Crippen molar-refractivity contribution in [1.82, 2.24) is 10.3 Å². The lowest BCUT2D eigenvalue weighted by Crippen LogP contribution is -2.38. The molecule has 3 N–H and O–H groups in total. The second-order valence-corrected chi connectivity index (χ2v) is 4.13. The van der Waals surface area contributed by atoms with Gasteiger partial charge in [0.2, 0.25) is 5.56 Å². The number of aromatic amines is 1. The second-order valence-electron chi connectivity index (χ2n) is 4.13. The molecule has 0 saturated heterocycles. The van der Waals surface area contributed by atoms with E-state index in [0.717, 1.165) is 6.07 Å². The number of benzene rings is 1. The van der Waals surface area contributed by atoms with Gasteiger partial charge < -0.3 is 15.4 Å². The zero-order valence-corrected chi connectivity index (χ0v) is 10.1. The maximum atomic E-state index is 12.0. The molecule has 0 radical (unpaired) electrons. The Morgan fingerprint density at radius 3 is 2.68 bits per heavy atom. The molecule has 19 heavy (non-hydrogen) atoms. The highest BCUT2D eigenvalue weighted by Gasteiger charge is 2.17. The Kier molecular flexibility index (Phi) is 3.33. The summed E-state index contributed by atoms with van der Waals surface area (Å²) >= 11 is 0. The summed E-state index contributed by atoms with van der Waals surface area (Å²) in [7, 11) is 0. The number of aliphatic carboxylic acids is 1. The van der Waals surface area contributed by atoms with E-state index in [4.69, 9.17) is 5.11 Å². The molecule has 1 atom stereocenters. The van der Waals surface area contributed by atoms with Crippen molar-refractivity contribution in [2.45, 2.75) is 13.0 Å². The predicted molar refractivity (Wildman–Crippen MR) is 69.1 cm³/mol. The molecule has 0 unspecified atom stereocenters. The Morgan fingerprint density at radius 2 is 2.00 bits per heavy atom. The maximum Gasteiger partial charge on any atom is 0.325 e. The number of rotatable bonds is 3. The van der Waals surface area contributed by atoms with E-state index in [0.29, 0.717) is 10.9 Å². The molecule has 0 aliphatic heterocycles. The van der Waals surface area contributed by atoms with Gasteiger partial charge >= 0.3 is 5.97 Å². The van der Waals surface area contributed by atoms with E-state index in [1.807, 2.05) is 0 Å². The van der Waals surface area contributed by atoms with E-state index < -0.39 is 23.5 Å². The summed E-state index contributed by atoms with van der Waals surface area (Å²) in [6.45, 7) is 1.36. The van der Waals surface area contributed by atoms with Crippen LogP contribution in [-0.2, 0) is 4.79 Å². The van der Waals surface area contributed by atoms with E-state index in [9.17, 15) is 14.4 Å². The van der Waals surface area contributed by atoms with Crippen molar-refractivity contribution in [1.29, 1.82) is 0 Å². The molecule has 0 fully saturated rings. The van der Waals surface area contributed by atoms with Crippen LogP contribution < -0.4 is 10.9 Å². The number of carbonyl (C=O) groups is 2. The van der Waals surface area contributed by atoms with E-state index in [-0.39, 0.29) is 5.56 Å². The molecule has 1 heterocycles. The van der Waals surface area contributed by atoms with Gasteiger partial charge in [0.25, 0.3) is 5.91 Å². The average Bonchev–Trinajstić information content (AvgIpc) is 2.37. The number of hydrogen-bond donors (Lipinski definition) is 3. The minimum Gasteiger partial charge on any atom is -0.480 e. The molecule has 2 rings (SSSR count). The summed E-state index contributed by atoms with van der Waals surface area (Å²) in [4.78, 5) is 36.8. The van der Waals surface area contributed by atoms with Crippen molar-refractivity contribution >= 4 is 22.8 Å². The lowest BCUT2D eigenvalue weighted by atomic mass is 10.1. The second kappa shape index (κ2) is 4.93. The van der Waals surface area contributed by atoms with E-state index >= 15 is 0 Å². The smallest absolute Gasteiger partial charge is 0.325 e. The Balaban J connectivity index is 2.47. The van der Waals surface area contributed by atoms with Crippen LogP contribution in [-0.4, -0.2) is 28.0 Å². The van der Waals surface area contributed by atoms with Gasteiger partial charge in [-0.1, -0.05) is 18.2 Å². The number of nitrogens with one attached hydrogen (secondary N) is 2. The van der Waals surface area contributed by atoms with Crippen LogP contribution in [0, 0.1) is 0 Å². The van der Waals surface area contributed by atoms with Crippen LogP contribution in [0.15, 0.2) is 35.1 Å². The van der Waals surface area contributed by atoms with Gasteiger partial charge in [0.1, 0.15) is 6.04 Å². The summed E-state index contributed by atoms with van der Waals surface area (Å²) in [5.41, 5.74) is 0.280. The number of amides is 1. The van der Waals surface area contributed by atoms with Crippen molar-refractivity contribution in [3.05, 3.63) is 46.2 Å². The molecule has 98 valence electrons. The Bertz CT molecular complexity index is 705. The Morgan fingerprint density at radius 1 is 1.32 bits per heavy atom. The molecule has 1 amide bonds. The number of para-hydroxylation sites is 1. The molecule has 0 spiro atoms. The molecule has 0 bridgehead atoms. The minimum absolute atomic E-state index is 0.160. The van der Waals surface area contributed by atoms with Gasteiger partial charge in [-0.15, -0.1) is 0 Å². The highest BCUT2D eigenvalue weighted by atomic mass is 16.4. The number of fused-ring (bicyclic) bond motifs is 1. The number of pyridine rings is 1. The zero-order valence-electron chi connectivity index (χ0n) is 10.1. The SMILES string of the molecule is C[C@@H](NC(=O)c1cc(=O)[nH]c2ccccc12)C(=O)O. The van der Waals surface area contributed by atoms with Crippen LogP contribution in [0.2, 0.25) is 0 Å². The fraction of sp³-hybridized carbons (Fsp3) is 0.154. The standard InChI is InChI=1S/C13H12N2O4/c1-7(13(18)19)14-12(17)9-6-11(16)15-10-5-3-2-4-8(9)10/h2-7H,1H3,(H,14,17)(H,15,16)(H,18,19)/t7-/m1/s1. The lowest BCUT2D eigenvalue weighted by molar-refractivity contribution is -0.138. The van der Waals surface area contributed by atoms with E-state index in [1.165, 1.54) is 6.92 Å². The molecule has 6 heteroatoms. The fourth-order valence-corrected chi connectivity index (χ4v) is 1.73. The summed E-state index contributed by atoms with van der Waals surface area (Å²) in [5.74, 6) is -1.72. The van der Waals surface area contributed by atoms with Crippen LogP contribution in [0.4, 0.5) is 0 Å². The monoisotopic (exact) mass is 260 g/mol. The van der Waals surface area contributed by atoms with Gasteiger partial charge in [-0.25, -0.2) is 0 Å². The van der Waals surface area contributed by atoms with Gasteiger partial charge in [0.15, 0.2) is 0 Å². The van der Waals surface area contributed by atoms with Crippen molar-refractivity contribution in [3.8, 4) is 0 Å².